The van der Waals surface area contributed by atoms with Crippen LogP contribution in [0.1, 0.15) is 24.1 Å². The standard InChI is InChI=1S/C13H13NO2/c1-8-7-11(9(2)13(15)16)10-5-3-4-6-12(10)14-8/h3-7,9H,1-2H3,(H,15,16). The molecule has 0 amide bonds. The molecule has 2 rings (SSSR count). The minimum absolute atomic E-state index is 0.508. The molecule has 0 aliphatic carbocycles. The van der Waals surface area contributed by atoms with Gasteiger partial charge >= 0.3 is 5.97 Å². The van der Waals surface area contributed by atoms with Crippen molar-refractivity contribution in [3.8, 4) is 0 Å². The van der Waals surface area contributed by atoms with Gasteiger partial charge in [-0.3, -0.25) is 9.78 Å². The van der Waals surface area contributed by atoms with E-state index in [9.17, 15) is 4.79 Å². The molecule has 1 aromatic carbocycles. The Balaban J connectivity index is 2.72. The molecule has 0 aliphatic rings. The van der Waals surface area contributed by atoms with E-state index in [4.69, 9.17) is 5.11 Å². The molecule has 82 valence electrons. The van der Waals surface area contributed by atoms with E-state index >= 15 is 0 Å². The molecule has 0 saturated heterocycles. The molecule has 1 unspecified atom stereocenters. The molecule has 1 heterocycles. The number of hydrogen-bond acceptors (Lipinski definition) is 2. The highest BCUT2D eigenvalue weighted by molar-refractivity contribution is 5.88. The summed E-state index contributed by atoms with van der Waals surface area (Å²) in [5, 5.41) is 9.98. The summed E-state index contributed by atoms with van der Waals surface area (Å²) in [5.74, 6) is -1.32. The zero-order chi connectivity index (χ0) is 11.7. The Labute approximate surface area is 93.7 Å². The third-order valence-corrected chi connectivity index (χ3v) is 2.71. The molecule has 0 radical (unpaired) electrons. The molecule has 0 saturated carbocycles. The van der Waals surface area contributed by atoms with Crippen molar-refractivity contribution in [3.05, 3.63) is 41.6 Å². The van der Waals surface area contributed by atoms with E-state index in [2.05, 4.69) is 4.98 Å². The number of hydrogen-bond donors (Lipinski definition) is 1. The molecule has 1 N–H and O–H groups in total. The van der Waals surface area contributed by atoms with Gasteiger partial charge in [0.2, 0.25) is 0 Å². The van der Waals surface area contributed by atoms with Crippen molar-refractivity contribution in [1.29, 1.82) is 0 Å². The van der Waals surface area contributed by atoms with E-state index in [0.29, 0.717) is 0 Å². The molecule has 0 fully saturated rings. The number of carboxylic acid groups (broad SMARTS) is 1. The van der Waals surface area contributed by atoms with Gasteiger partial charge in [-0.25, -0.2) is 0 Å². The van der Waals surface area contributed by atoms with Crippen molar-refractivity contribution >= 4 is 16.9 Å². The van der Waals surface area contributed by atoms with Crippen molar-refractivity contribution in [3.63, 3.8) is 0 Å². The van der Waals surface area contributed by atoms with E-state index in [0.717, 1.165) is 22.2 Å². The van der Waals surface area contributed by atoms with Crippen LogP contribution in [0.15, 0.2) is 30.3 Å². The number of para-hydroxylation sites is 1. The third-order valence-electron chi connectivity index (χ3n) is 2.71. The molecule has 3 heteroatoms. The van der Waals surface area contributed by atoms with Gasteiger partial charge in [0.15, 0.2) is 0 Å². The van der Waals surface area contributed by atoms with Crippen LogP contribution >= 0.6 is 0 Å². The molecular formula is C13H13NO2. The number of benzene rings is 1. The highest BCUT2D eigenvalue weighted by Gasteiger charge is 2.17. The van der Waals surface area contributed by atoms with Crippen molar-refractivity contribution < 1.29 is 9.90 Å². The predicted octanol–water partition coefficient (Wildman–Crippen LogP) is 2.73. The summed E-state index contributed by atoms with van der Waals surface area (Å²) in [6, 6.07) is 9.47. The summed E-state index contributed by atoms with van der Waals surface area (Å²) in [6.07, 6.45) is 0. The molecule has 1 aromatic heterocycles. The summed E-state index contributed by atoms with van der Waals surface area (Å²) >= 11 is 0. The summed E-state index contributed by atoms with van der Waals surface area (Å²) in [7, 11) is 0. The van der Waals surface area contributed by atoms with Gasteiger partial charge in [0.25, 0.3) is 0 Å². The maximum Gasteiger partial charge on any atom is 0.310 e. The first kappa shape index (κ1) is 10.6. The van der Waals surface area contributed by atoms with Gasteiger partial charge < -0.3 is 5.11 Å². The van der Waals surface area contributed by atoms with E-state index in [1.165, 1.54) is 0 Å². The molecular weight excluding hydrogens is 202 g/mol. The zero-order valence-electron chi connectivity index (χ0n) is 9.27. The van der Waals surface area contributed by atoms with Gasteiger partial charge in [0.1, 0.15) is 0 Å². The zero-order valence-corrected chi connectivity index (χ0v) is 9.27. The Morgan fingerprint density at radius 2 is 2.06 bits per heavy atom. The number of aliphatic carboxylic acids is 1. The number of carbonyl (C=O) groups is 1. The van der Waals surface area contributed by atoms with E-state index in [1.54, 1.807) is 6.92 Å². The lowest BCUT2D eigenvalue weighted by Crippen LogP contribution is -2.08. The largest absolute Gasteiger partial charge is 0.481 e. The Bertz CT molecular complexity index is 549. The second-order valence-electron chi connectivity index (χ2n) is 3.93. The lowest BCUT2D eigenvalue weighted by atomic mass is 9.96. The number of fused-ring (bicyclic) bond motifs is 1. The average Bonchev–Trinajstić information content (AvgIpc) is 2.26. The molecule has 0 aliphatic heterocycles. The van der Waals surface area contributed by atoms with Gasteiger partial charge in [-0.15, -0.1) is 0 Å². The molecule has 1 atom stereocenters. The first-order valence-electron chi connectivity index (χ1n) is 5.18. The van der Waals surface area contributed by atoms with Crippen LogP contribution in [-0.4, -0.2) is 16.1 Å². The number of aromatic nitrogens is 1. The van der Waals surface area contributed by atoms with Crippen molar-refractivity contribution in [1.82, 2.24) is 4.98 Å². The van der Waals surface area contributed by atoms with Crippen LogP contribution in [0.4, 0.5) is 0 Å². The van der Waals surface area contributed by atoms with Crippen molar-refractivity contribution in [2.45, 2.75) is 19.8 Å². The Morgan fingerprint density at radius 3 is 2.75 bits per heavy atom. The van der Waals surface area contributed by atoms with Crippen LogP contribution in [0, 0.1) is 6.92 Å². The van der Waals surface area contributed by atoms with Crippen LogP contribution < -0.4 is 0 Å². The van der Waals surface area contributed by atoms with Crippen molar-refractivity contribution in [2.24, 2.45) is 0 Å². The SMILES string of the molecule is Cc1cc(C(C)C(=O)O)c2ccccc2n1. The van der Waals surface area contributed by atoms with Crippen LogP contribution in [0.2, 0.25) is 0 Å². The molecule has 16 heavy (non-hydrogen) atoms. The minimum Gasteiger partial charge on any atom is -0.481 e. The third kappa shape index (κ3) is 1.76. The maximum absolute atomic E-state index is 11.0. The van der Waals surface area contributed by atoms with Gasteiger partial charge in [-0.1, -0.05) is 18.2 Å². The minimum atomic E-state index is -0.809. The smallest absolute Gasteiger partial charge is 0.310 e. The van der Waals surface area contributed by atoms with E-state index in [1.807, 2.05) is 37.3 Å². The first-order chi connectivity index (χ1) is 7.59. The molecule has 2 aromatic rings. The molecule has 0 bridgehead atoms. The number of pyridine rings is 1. The van der Waals surface area contributed by atoms with Crippen LogP contribution in [0.3, 0.4) is 0 Å². The first-order valence-corrected chi connectivity index (χ1v) is 5.18. The fourth-order valence-corrected chi connectivity index (χ4v) is 1.83. The Morgan fingerprint density at radius 1 is 1.38 bits per heavy atom. The fraction of sp³-hybridized carbons (Fsp3) is 0.231. The predicted molar refractivity (Wildman–Crippen MR) is 62.5 cm³/mol. The van der Waals surface area contributed by atoms with Gasteiger partial charge in [-0.05, 0) is 31.5 Å². The van der Waals surface area contributed by atoms with Gasteiger partial charge in [0.05, 0.1) is 11.4 Å². The second-order valence-corrected chi connectivity index (χ2v) is 3.93. The van der Waals surface area contributed by atoms with E-state index < -0.39 is 11.9 Å². The van der Waals surface area contributed by atoms with Crippen LogP contribution in [0.25, 0.3) is 10.9 Å². The second kappa shape index (κ2) is 3.93. The number of rotatable bonds is 2. The molecule has 3 nitrogen and oxygen atoms in total. The highest BCUT2D eigenvalue weighted by atomic mass is 16.4. The van der Waals surface area contributed by atoms with E-state index in [-0.39, 0.29) is 0 Å². The molecule has 0 spiro atoms. The van der Waals surface area contributed by atoms with Crippen LogP contribution in [-0.2, 0) is 4.79 Å². The Kier molecular flexibility index (Phi) is 2.60. The highest BCUT2D eigenvalue weighted by Crippen LogP contribution is 2.25. The topological polar surface area (TPSA) is 50.2 Å². The lowest BCUT2D eigenvalue weighted by molar-refractivity contribution is -0.138. The van der Waals surface area contributed by atoms with Crippen LogP contribution in [0.5, 0.6) is 0 Å². The summed E-state index contributed by atoms with van der Waals surface area (Å²) in [5.41, 5.74) is 2.53. The summed E-state index contributed by atoms with van der Waals surface area (Å²) < 4.78 is 0. The Hall–Kier alpha value is -1.90. The lowest BCUT2D eigenvalue weighted by Gasteiger charge is -2.11. The normalized spacial score (nSPS) is 12.6. The number of nitrogens with zero attached hydrogens (tertiary/aromatic N) is 1. The number of carboxylic acids is 1. The number of aryl methyl sites for hydroxylation is 1. The quantitative estimate of drug-likeness (QED) is 0.838. The van der Waals surface area contributed by atoms with Gasteiger partial charge in [-0.2, -0.15) is 0 Å². The summed E-state index contributed by atoms with van der Waals surface area (Å²) in [6.45, 7) is 3.58. The average molecular weight is 215 g/mol. The fourth-order valence-electron chi connectivity index (χ4n) is 1.83. The summed E-state index contributed by atoms with van der Waals surface area (Å²) in [4.78, 5) is 15.4. The van der Waals surface area contributed by atoms with Crippen molar-refractivity contribution in [2.75, 3.05) is 0 Å². The monoisotopic (exact) mass is 215 g/mol. The maximum atomic E-state index is 11.0. The van der Waals surface area contributed by atoms with Gasteiger partial charge in [0, 0.05) is 11.1 Å².